The van der Waals surface area contributed by atoms with Gasteiger partial charge in [0.1, 0.15) is 4.21 Å². The topological polar surface area (TPSA) is 58.2 Å². The van der Waals surface area contributed by atoms with Crippen LogP contribution >= 0.6 is 23.1 Å². The van der Waals surface area contributed by atoms with Gasteiger partial charge in [-0.05, 0) is 48.4 Å². The Morgan fingerprint density at radius 2 is 2.10 bits per heavy atom. The van der Waals surface area contributed by atoms with E-state index in [0.29, 0.717) is 10.8 Å². The smallest absolute Gasteiger partial charge is 0.250 e. The average molecular weight is 337 g/mol. The molecule has 0 aromatic carbocycles. The Hall–Kier alpha value is -0.0800. The van der Waals surface area contributed by atoms with Crippen LogP contribution in [0.25, 0.3) is 0 Å². The standard InChI is InChI=1S/C13H24N2O2S3/c1-3-14-10-12-9-13(19-11-12)20(16,17)15-7-5-4-6-8-18-2/h9,11,14-15H,3-8,10H2,1-2H3. The van der Waals surface area contributed by atoms with Crippen LogP contribution in [0, 0.1) is 0 Å². The Morgan fingerprint density at radius 1 is 1.30 bits per heavy atom. The number of rotatable bonds is 11. The highest BCUT2D eigenvalue weighted by Gasteiger charge is 2.15. The zero-order valence-electron chi connectivity index (χ0n) is 12.1. The lowest BCUT2D eigenvalue weighted by atomic mass is 10.2. The highest BCUT2D eigenvalue weighted by molar-refractivity contribution is 7.98. The summed E-state index contributed by atoms with van der Waals surface area (Å²) in [5.74, 6) is 1.14. The summed E-state index contributed by atoms with van der Waals surface area (Å²) in [5.41, 5.74) is 1.03. The van der Waals surface area contributed by atoms with Crippen molar-refractivity contribution in [3.63, 3.8) is 0 Å². The van der Waals surface area contributed by atoms with Crippen LogP contribution in [0.1, 0.15) is 31.7 Å². The van der Waals surface area contributed by atoms with Crippen molar-refractivity contribution in [3.8, 4) is 0 Å². The molecule has 0 amide bonds. The van der Waals surface area contributed by atoms with Crippen molar-refractivity contribution in [1.82, 2.24) is 10.0 Å². The summed E-state index contributed by atoms with van der Waals surface area (Å²) >= 11 is 3.11. The summed E-state index contributed by atoms with van der Waals surface area (Å²) in [6.07, 6.45) is 5.20. The van der Waals surface area contributed by atoms with Crippen LogP contribution in [0.4, 0.5) is 0 Å². The van der Waals surface area contributed by atoms with Gasteiger partial charge in [0, 0.05) is 13.1 Å². The molecule has 116 valence electrons. The van der Waals surface area contributed by atoms with Crippen LogP contribution < -0.4 is 10.0 Å². The molecule has 0 aliphatic carbocycles. The minimum atomic E-state index is -3.32. The second-order valence-electron chi connectivity index (χ2n) is 4.51. The predicted molar refractivity (Wildman–Crippen MR) is 89.1 cm³/mol. The number of thiophene rings is 1. The molecule has 20 heavy (non-hydrogen) atoms. The zero-order chi connectivity index (χ0) is 14.8. The van der Waals surface area contributed by atoms with Gasteiger partial charge in [-0.25, -0.2) is 13.1 Å². The van der Waals surface area contributed by atoms with E-state index in [0.717, 1.165) is 43.7 Å². The monoisotopic (exact) mass is 336 g/mol. The maximum Gasteiger partial charge on any atom is 0.250 e. The Labute approximate surface area is 130 Å². The molecule has 1 heterocycles. The van der Waals surface area contributed by atoms with Gasteiger partial charge < -0.3 is 5.32 Å². The Bertz CT molecular complexity index is 472. The number of thioether (sulfide) groups is 1. The highest BCUT2D eigenvalue weighted by Crippen LogP contribution is 2.20. The van der Waals surface area contributed by atoms with E-state index in [4.69, 9.17) is 0 Å². The van der Waals surface area contributed by atoms with Gasteiger partial charge in [0.2, 0.25) is 10.0 Å². The average Bonchev–Trinajstić information content (AvgIpc) is 2.90. The second kappa shape index (κ2) is 9.78. The summed E-state index contributed by atoms with van der Waals surface area (Å²) in [4.78, 5) is 0. The van der Waals surface area contributed by atoms with Crippen LogP contribution in [0.5, 0.6) is 0 Å². The summed E-state index contributed by atoms with van der Waals surface area (Å²) in [6, 6.07) is 1.75. The van der Waals surface area contributed by atoms with Gasteiger partial charge >= 0.3 is 0 Å². The van der Waals surface area contributed by atoms with E-state index in [1.165, 1.54) is 11.3 Å². The largest absolute Gasteiger partial charge is 0.313 e. The van der Waals surface area contributed by atoms with Crippen LogP contribution in [-0.2, 0) is 16.6 Å². The van der Waals surface area contributed by atoms with E-state index in [-0.39, 0.29) is 0 Å². The normalized spacial score (nSPS) is 11.9. The lowest BCUT2D eigenvalue weighted by Crippen LogP contribution is -2.24. The summed E-state index contributed by atoms with van der Waals surface area (Å²) in [6.45, 7) is 4.16. The van der Waals surface area contributed by atoms with Gasteiger partial charge in [-0.2, -0.15) is 11.8 Å². The van der Waals surface area contributed by atoms with Crippen molar-refractivity contribution in [3.05, 3.63) is 17.0 Å². The molecule has 2 N–H and O–H groups in total. The lowest BCUT2D eigenvalue weighted by Gasteiger charge is -2.04. The third-order valence-electron chi connectivity index (χ3n) is 2.79. The minimum Gasteiger partial charge on any atom is -0.313 e. The molecule has 0 unspecified atom stereocenters. The van der Waals surface area contributed by atoms with Gasteiger partial charge in [0.25, 0.3) is 0 Å². The van der Waals surface area contributed by atoms with E-state index in [2.05, 4.69) is 16.3 Å². The number of unbranched alkanes of at least 4 members (excludes halogenated alkanes) is 2. The zero-order valence-corrected chi connectivity index (χ0v) is 14.6. The third-order valence-corrected chi connectivity index (χ3v) is 6.44. The Morgan fingerprint density at radius 3 is 2.80 bits per heavy atom. The van der Waals surface area contributed by atoms with Crippen LogP contribution in [0.3, 0.4) is 0 Å². The quantitative estimate of drug-likeness (QED) is 0.610. The molecule has 0 bridgehead atoms. The van der Waals surface area contributed by atoms with Crippen molar-refractivity contribution in [1.29, 1.82) is 0 Å². The molecular weight excluding hydrogens is 312 g/mol. The molecule has 0 aliphatic heterocycles. The van der Waals surface area contributed by atoms with E-state index in [9.17, 15) is 8.42 Å². The SMILES string of the molecule is CCNCc1csc(S(=O)(=O)NCCCCCSC)c1. The fourth-order valence-electron chi connectivity index (χ4n) is 1.68. The van der Waals surface area contributed by atoms with Crippen molar-refractivity contribution in [2.45, 2.75) is 36.9 Å². The van der Waals surface area contributed by atoms with Crippen molar-refractivity contribution in [2.75, 3.05) is 25.1 Å². The number of nitrogens with one attached hydrogen (secondary N) is 2. The molecule has 7 heteroatoms. The first-order valence-electron chi connectivity index (χ1n) is 6.87. The molecule has 1 aromatic rings. The van der Waals surface area contributed by atoms with E-state index in [1.807, 2.05) is 24.1 Å². The van der Waals surface area contributed by atoms with Crippen LogP contribution in [-0.4, -0.2) is 33.5 Å². The Balaban J connectivity index is 2.38. The predicted octanol–water partition coefficient (Wildman–Crippen LogP) is 2.67. The minimum absolute atomic E-state index is 0.412. The number of hydrogen-bond acceptors (Lipinski definition) is 5. The Kier molecular flexibility index (Phi) is 8.79. The summed E-state index contributed by atoms with van der Waals surface area (Å²) < 4.78 is 27.3. The van der Waals surface area contributed by atoms with Crippen molar-refractivity contribution in [2.24, 2.45) is 0 Å². The lowest BCUT2D eigenvalue weighted by molar-refractivity contribution is 0.578. The van der Waals surface area contributed by atoms with Crippen LogP contribution in [0.15, 0.2) is 15.7 Å². The molecule has 0 atom stereocenters. The van der Waals surface area contributed by atoms with E-state index < -0.39 is 10.0 Å². The van der Waals surface area contributed by atoms with Gasteiger partial charge in [-0.3, -0.25) is 0 Å². The van der Waals surface area contributed by atoms with Gasteiger partial charge in [-0.15, -0.1) is 11.3 Å². The van der Waals surface area contributed by atoms with Gasteiger partial charge in [0.05, 0.1) is 0 Å². The maximum atomic E-state index is 12.1. The molecule has 1 aromatic heterocycles. The first-order chi connectivity index (χ1) is 9.60. The summed E-state index contributed by atoms with van der Waals surface area (Å²) in [5, 5.41) is 5.09. The number of hydrogen-bond donors (Lipinski definition) is 2. The van der Waals surface area contributed by atoms with E-state index >= 15 is 0 Å². The molecule has 0 radical (unpaired) electrons. The first-order valence-corrected chi connectivity index (χ1v) is 10.6. The molecule has 0 fully saturated rings. The second-order valence-corrected chi connectivity index (χ2v) is 8.40. The molecule has 1 rings (SSSR count). The van der Waals surface area contributed by atoms with Crippen LogP contribution in [0.2, 0.25) is 0 Å². The highest BCUT2D eigenvalue weighted by atomic mass is 32.2. The fraction of sp³-hybridized carbons (Fsp3) is 0.692. The van der Waals surface area contributed by atoms with Crippen molar-refractivity contribution < 1.29 is 8.42 Å². The molecule has 4 nitrogen and oxygen atoms in total. The van der Waals surface area contributed by atoms with Gasteiger partial charge in [0.15, 0.2) is 0 Å². The van der Waals surface area contributed by atoms with E-state index in [1.54, 1.807) is 6.07 Å². The molecule has 0 saturated carbocycles. The number of sulfonamides is 1. The fourth-order valence-corrected chi connectivity index (χ4v) is 4.50. The molecule has 0 saturated heterocycles. The van der Waals surface area contributed by atoms with Gasteiger partial charge in [-0.1, -0.05) is 13.3 Å². The maximum absolute atomic E-state index is 12.1. The molecule has 0 spiro atoms. The van der Waals surface area contributed by atoms with Crippen molar-refractivity contribution >= 4 is 33.1 Å². The molecule has 0 aliphatic rings. The molecular formula is C13H24N2O2S3. The summed E-state index contributed by atoms with van der Waals surface area (Å²) in [7, 11) is -3.32. The third kappa shape index (κ3) is 6.58. The first kappa shape index (κ1) is 18.0.